The van der Waals surface area contributed by atoms with Crippen LogP contribution >= 0.6 is 11.8 Å². The van der Waals surface area contributed by atoms with Crippen LogP contribution in [-0.2, 0) is 4.79 Å². The summed E-state index contributed by atoms with van der Waals surface area (Å²) in [6.07, 6.45) is 5.81. The molecule has 2 atom stereocenters. The normalized spacial score (nSPS) is 21.7. The molecule has 110 valence electrons. The molecule has 2 N–H and O–H groups in total. The lowest BCUT2D eigenvalue weighted by atomic mass is 10.2. The number of methoxy groups -OCH3 is 1. The number of anilines is 1. The number of thioether (sulfide) groups is 1. The molecular weight excluding hydrogens is 272 g/mol. The van der Waals surface area contributed by atoms with E-state index in [1.54, 1.807) is 7.11 Å². The lowest BCUT2D eigenvalue weighted by Gasteiger charge is -2.18. The number of rotatable bonds is 6. The average Bonchev–Trinajstić information content (AvgIpc) is 2.93. The van der Waals surface area contributed by atoms with Gasteiger partial charge in [0.15, 0.2) is 0 Å². The molecule has 5 heteroatoms. The van der Waals surface area contributed by atoms with Crippen LogP contribution in [0.3, 0.4) is 0 Å². The third kappa shape index (κ3) is 4.15. The topological polar surface area (TPSA) is 50.4 Å². The molecule has 0 spiro atoms. The first kappa shape index (κ1) is 15.2. The Morgan fingerprint density at radius 1 is 1.35 bits per heavy atom. The Labute approximate surface area is 124 Å². The zero-order valence-corrected chi connectivity index (χ0v) is 12.8. The first-order valence-electron chi connectivity index (χ1n) is 6.93. The fraction of sp³-hybridized carbons (Fsp3) is 0.533. The number of hydrogen-bond donors (Lipinski definition) is 2. The summed E-state index contributed by atoms with van der Waals surface area (Å²) in [5.41, 5.74) is 0.797. The van der Waals surface area contributed by atoms with Crippen LogP contribution in [0, 0.1) is 0 Å². The Bertz CT molecular complexity index is 436. The van der Waals surface area contributed by atoms with Crippen molar-refractivity contribution in [3.63, 3.8) is 0 Å². The maximum atomic E-state index is 11.9. The number of carbonyl (C=O) groups excluding carboxylic acids is 1. The van der Waals surface area contributed by atoms with E-state index in [0.717, 1.165) is 11.4 Å². The minimum atomic E-state index is 0.00178. The number of benzene rings is 1. The number of nitrogens with one attached hydrogen (secondary N) is 2. The Hall–Kier alpha value is -1.20. The van der Waals surface area contributed by atoms with E-state index >= 15 is 0 Å². The number of hydrogen-bond acceptors (Lipinski definition) is 4. The first-order valence-corrected chi connectivity index (χ1v) is 8.22. The largest absolute Gasteiger partial charge is 0.497 e. The lowest BCUT2D eigenvalue weighted by Crippen LogP contribution is -2.39. The summed E-state index contributed by atoms with van der Waals surface area (Å²) in [5, 5.41) is 6.90. The fourth-order valence-corrected chi connectivity index (χ4v) is 3.51. The molecule has 1 aliphatic carbocycles. The fourth-order valence-electron chi connectivity index (χ4n) is 2.54. The summed E-state index contributed by atoms with van der Waals surface area (Å²) >= 11 is 1.89. The number of amides is 1. The maximum absolute atomic E-state index is 11.9. The molecule has 1 aromatic rings. The smallest absolute Gasteiger partial charge is 0.238 e. The van der Waals surface area contributed by atoms with Gasteiger partial charge >= 0.3 is 0 Å². The van der Waals surface area contributed by atoms with E-state index in [2.05, 4.69) is 16.9 Å². The van der Waals surface area contributed by atoms with E-state index in [-0.39, 0.29) is 5.91 Å². The Kier molecular flexibility index (Phi) is 5.73. The van der Waals surface area contributed by atoms with Gasteiger partial charge in [-0.05, 0) is 43.4 Å². The first-order chi connectivity index (χ1) is 9.72. The minimum Gasteiger partial charge on any atom is -0.497 e. The van der Waals surface area contributed by atoms with Gasteiger partial charge in [-0.25, -0.2) is 0 Å². The summed E-state index contributed by atoms with van der Waals surface area (Å²) in [5.74, 6) is 0.789. The van der Waals surface area contributed by atoms with Crippen LogP contribution in [0.4, 0.5) is 5.69 Å². The zero-order valence-electron chi connectivity index (χ0n) is 12.0. The van der Waals surface area contributed by atoms with Crippen molar-refractivity contribution in [1.29, 1.82) is 0 Å². The van der Waals surface area contributed by atoms with Gasteiger partial charge in [-0.3, -0.25) is 4.79 Å². The van der Waals surface area contributed by atoms with E-state index in [4.69, 9.17) is 4.74 Å². The van der Waals surface area contributed by atoms with Gasteiger partial charge in [0.05, 0.1) is 13.7 Å². The van der Waals surface area contributed by atoms with Gasteiger partial charge in [0, 0.05) is 17.0 Å². The van der Waals surface area contributed by atoms with Crippen molar-refractivity contribution in [2.45, 2.75) is 30.6 Å². The minimum absolute atomic E-state index is 0.00178. The zero-order chi connectivity index (χ0) is 14.4. The van der Waals surface area contributed by atoms with Crippen molar-refractivity contribution in [2.24, 2.45) is 0 Å². The number of ether oxygens (including phenoxy) is 1. The molecule has 0 aromatic heterocycles. The summed E-state index contributed by atoms with van der Waals surface area (Å²) in [6, 6.07) is 7.83. The highest BCUT2D eigenvalue weighted by Gasteiger charge is 2.26. The molecule has 0 radical (unpaired) electrons. The molecule has 1 fully saturated rings. The van der Waals surface area contributed by atoms with Crippen LogP contribution in [-0.4, -0.2) is 37.1 Å². The molecule has 0 saturated heterocycles. The van der Waals surface area contributed by atoms with Crippen LogP contribution in [0.1, 0.15) is 19.3 Å². The lowest BCUT2D eigenvalue weighted by molar-refractivity contribution is -0.115. The molecule has 1 aliphatic rings. The average molecular weight is 294 g/mol. The third-order valence-corrected chi connectivity index (χ3v) is 4.82. The van der Waals surface area contributed by atoms with Crippen LogP contribution in [0.2, 0.25) is 0 Å². The predicted molar refractivity (Wildman–Crippen MR) is 84.6 cm³/mol. The standard InChI is InChI=1S/C15H22N2O2S/c1-19-12-8-6-11(7-9-12)17-15(18)10-16-13-4-3-5-14(13)20-2/h6-9,13-14,16H,3-5,10H2,1-2H3,(H,17,18). The Balaban J connectivity index is 1.77. The monoisotopic (exact) mass is 294 g/mol. The molecule has 1 saturated carbocycles. The van der Waals surface area contributed by atoms with E-state index < -0.39 is 0 Å². The van der Waals surface area contributed by atoms with Crippen molar-refractivity contribution < 1.29 is 9.53 Å². The molecular formula is C15H22N2O2S. The third-order valence-electron chi connectivity index (χ3n) is 3.65. The molecule has 0 aliphatic heterocycles. The van der Waals surface area contributed by atoms with Crippen LogP contribution in [0.5, 0.6) is 5.75 Å². The maximum Gasteiger partial charge on any atom is 0.238 e. The molecule has 0 bridgehead atoms. The second-order valence-corrected chi connectivity index (χ2v) is 6.05. The quantitative estimate of drug-likeness (QED) is 0.846. The van der Waals surface area contributed by atoms with Crippen molar-refractivity contribution >= 4 is 23.4 Å². The van der Waals surface area contributed by atoms with E-state index in [1.165, 1.54) is 19.3 Å². The predicted octanol–water partition coefficient (Wildman–Crippen LogP) is 2.51. The summed E-state index contributed by atoms with van der Waals surface area (Å²) < 4.78 is 5.09. The molecule has 1 amide bonds. The van der Waals surface area contributed by atoms with Crippen LogP contribution in [0.25, 0.3) is 0 Å². The molecule has 2 unspecified atom stereocenters. The molecule has 2 rings (SSSR count). The summed E-state index contributed by atoms with van der Waals surface area (Å²) in [7, 11) is 1.63. The molecule has 1 aromatic carbocycles. The van der Waals surface area contributed by atoms with E-state index in [1.807, 2.05) is 36.0 Å². The van der Waals surface area contributed by atoms with Gasteiger partial charge in [0.2, 0.25) is 5.91 Å². The van der Waals surface area contributed by atoms with Crippen molar-refractivity contribution in [2.75, 3.05) is 25.2 Å². The van der Waals surface area contributed by atoms with Crippen molar-refractivity contribution in [3.05, 3.63) is 24.3 Å². The van der Waals surface area contributed by atoms with E-state index in [9.17, 15) is 4.79 Å². The van der Waals surface area contributed by atoms with Gasteiger partial charge in [0.1, 0.15) is 5.75 Å². The van der Waals surface area contributed by atoms with Crippen molar-refractivity contribution in [1.82, 2.24) is 5.32 Å². The molecule has 20 heavy (non-hydrogen) atoms. The highest BCUT2D eigenvalue weighted by Crippen LogP contribution is 2.28. The summed E-state index contributed by atoms with van der Waals surface area (Å²) in [4.78, 5) is 11.9. The summed E-state index contributed by atoms with van der Waals surface area (Å²) in [6.45, 7) is 0.369. The van der Waals surface area contributed by atoms with Crippen LogP contribution < -0.4 is 15.4 Å². The second-order valence-electron chi connectivity index (χ2n) is 4.97. The van der Waals surface area contributed by atoms with Crippen molar-refractivity contribution in [3.8, 4) is 5.75 Å². The SMILES string of the molecule is COc1ccc(NC(=O)CNC2CCCC2SC)cc1. The van der Waals surface area contributed by atoms with Crippen LogP contribution in [0.15, 0.2) is 24.3 Å². The van der Waals surface area contributed by atoms with Gasteiger partial charge < -0.3 is 15.4 Å². The number of carbonyl (C=O) groups is 1. The highest BCUT2D eigenvalue weighted by atomic mass is 32.2. The Morgan fingerprint density at radius 2 is 2.10 bits per heavy atom. The molecule has 4 nitrogen and oxygen atoms in total. The van der Waals surface area contributed by atoms with Gasteiger partial charge in [0.25, 0.3) is 0 Å². The highest BCUT2D eigenvalue weighted by molar-refractivity contribution is 7.99. The Morgan fingerprint density at radius 3 is 2.75 bits per heavy atom. The molecule has 0 heterocycles. The van der Waals surface area contributed by atoms with Gasteiger partial charge in [-0.15, -0.1) is 0 Å². The van der Waals surface area contributed by atoms with E-state index in [0.29, 0.717) is 17.8 Å². The van der Waals surface area contributed by atoms with Gasteiger partial charge in [-0.1, -0.05) is 6.42 Å². The van der Waals surface area contributed by atoms with Gasteiger partial charge in [-0.2, -0.15) is 11.8 Å². The second kappa shape index (κ2) is 7.55.